The van der Waals surface area contributed by atoms with Crippen molar-refractivity contribution in [1.82, 2.24) is 9.97 Å². The molecule has 3 rings (SSSR count). The highest BCUT2D eigenvalue weighted by Gasteiger charge is 2.18. The van der Waals surface area contributed by atoms with E-state index in [1.807, 2.05) is 31.2 Å². The second-order valence-corrected chi connectivity index (χ2v) is 8.15. The summed E-state index contributed by atoms with van der Waals surface area (Å²) in [5, 5.41) is 0.981. The average molecular weight is 399 g/mol. The standard InChI is InChI=1S/C22H27N3O2S/c1-6-18(26)16-9-11-17(12-10-16)27-21-20-14(4)15(5)28-22(20)24-19(23-21)13-25(7-2)8-3/h9-12H,6-8,13H2,1-5H3/p+1. The number of hydrogen-bond acceptors (Lipinski definition) is 5. The maximum absolute atomic E-state index is 11.8. The fraction of sp³-hybridized carbons (Fsp3) is 0.409. The van der Waals surface area contributed by atoms with Crippen molar-refractivity contribution in [3.63, 3.8) is 0 Å². The number of quaternary nitrogens is 1. The second kappa shape index (κ2) is 8.80. The van der Waals surface area contributed by atoms with Gasteiger partial charge in [-0.3, -0.25) is 4.79 Å². The van der Waals surface area contributed by atoms with Crippen LogP contribution in [0.15, 0.2) is 24.3 Å². The van der Waals surface area contributed by atoms with Gasteiger partial charge in [0.25, 0.3) is 0 Å². The van der Waals surface area contributed by atoms with Crippen molar-refractivity contribution in [3.8, 4) is 11.6 Å². The highest BCUT2D eigenvalue weighted by molar-refractivity contribution is 7.18. The van der Waals surface area contributed by atoms with Gasteiger partial charge in [0, 0.05) is 16.9 Å². The lowest BCUT2D eigenvalue weighted by Crippen LogP contribution is -3.10. The first-order chi connectivity index (χ1) is 13.5. The number of nitrogens with one attached hydrogen (secondary N) is 1. The van der Waals surface area contributed by atoms with Crippen molar-refractivity contribution in [1.29, 1.82) is 0 Å². The number of nitrogens with zero attached hydrogens (tertiary/aromatic N) is 2. The van der Waals surface area contributed by atoms with E-state index in [4.69, 9.17) is 14.7 Å². The molecule has 0 saturated heterocycles. The van der Waals surface area contributed by atoms with Gasteiger partial charge < -0.3 is 9.64 Å². The molecule has 0 spiro atoms. The Morgan fingerprint density at radius 2 is 1.75 bits per heavy atom. The zero-order valence-electron chi connectivity index (χ0n) is 17.3. The van der Waals surface area contributed by atoms with E-state index in [2.05, 4.69) is 27.7 Å². The Labute approximate surface area is 170 Å². The molecule has 148 valence electrons. The van der Waals surface area contributed by atoms with Crippen molar-refractivity contribution in [2.75, 3.05) is 13.1 Å². The van der Waals surface area contributed by atoms with E-state index < -0.39 is 0 Å². The zero-order valence-corrected chi connectivity index (χ0v) is 18.1. The van der Waals surface area contributed by atoms with Gasteiger partial charge in [0.05, 0.1) is 18.5 Å². The molecule has 1 aromatic carbocycles. The summed E-state index contributed by atoms with van der Waals surface area (Å²) < 4.78 is 6.18. The SMILES string of the molecule is CCC(=O)c1ccc(Oc2nc(C[NH+](CC)CC)nc3sc(C)c(C)c23)cc1. The highest BCUT2D eigenvalue weighted by Crippen LogP contribution is 2.36. The Morgan fingerprint density at radius 1 is 1.07 bits per heavy atom. The quantitative estimate of drug-likeness (QED) is 0.580. The van der Waals surface area contributed by atoms with Gasteiger partial charge in [-0.2, -0.15) is 4.98 Å². The van der Waals surface area contributed by atoms with Gasteiger partial charge in [0.15, 0.2) is 11.6 Å². The molecule has 0 amide bonds. The summed E-state index contributed by atoms with van der Waals surface area (Å²) in [6.45, 7) is 13.2. The molecule has 3 aromatic rings. The van der Waals surface area contributed by atoms with Crippen LogP contribution in [0.5, 0.6) is 11.6 Å². The number of carbonyl (C=O) groups is 1. The summed E-state index contributed by atoms with van der Waals surface area (Å²) in [7, 11) is 0. The molecule has 0 fully saturated rings. The monoisotopic (exact) mass is 398 g/mol. The predicted octanol–water partition coefficient (Wildman–Crippen LogP) is 4.12. The molecule has 0 atom stereocenters. The number of carbonyl (C=O) groups excluding carboxylic acids is 1. The number of Topliss-reactive ketones (excluding diaryl/α,β-unsaturated/α-hetero) is 1. The molecule has 0 bridgehead atoms. The fourth-order valence-electron chi connectivity index (χ4n) is 3.16. The van der Waals surface area contributed by atoms with Gasteiger partial charge in [-0.1, -0.05) is 6.92 Å². The lowest BCUT2D eigenvalue weighted by atomic mass is 10.1. The summed E-state index contributed by atoms with van der Waals surface area (Å²) in [5.74, 6) is 2.21. The summed E-state index contributed by atoms with van der Waals surface area (Å²) in [6, 6.07) is 7.29. The third-order valence-corrected chi connectivity index (χ3v) is 6.26. The number of fused-ring (bicyclic) bond motifs is 1. The lowest BCUT2D eigenvalue weighted by molar-refractivity contribution is -0.910. The van der Waals surface area contributed by atoms with Gasteiger partial charge in [0.1, 0.15) is 17.1 Å². The number of benzene rings is 1. The van der Waals surface area contributed by atoms with Crippen LogP contribution in [0.3, 0.4) is 0 Å². The number of thiophene rings is 1. The van der Waals surface area contributed by atoms with Crippen LogP contribution in [0.4, 0.5) is 0 Å². The molecular formula is C22H28N3O2S+. The summed E-state index contributed by atoms with van der Waals surface area (Å²) in [4.78, 5) is 25.0. The van der Waals surface area contributed by atoms with E-state index in [9.17, 15) is 4.79 Å². The van der Waals surface area contributed by atoms with E-state index in [1.165, 1.54) is 9.78 Å². The van der Waals surface area contributed by atoms with Crippen molar-refractivity contribution < 1.29 is 14.4 Å². The maximum atomic E-state index is 11.8. The Balaban J connectivity index is 1.99. The van der Waals surface area contributed by atoms with Crippen LogP contribution in [0, 0.1) is 13.8 Å². The number of rotatable bonds is 8. The first-order valence-electron chi connectivity index (χ1n) is 9.88. The molecule has 2 aromatic heterocycles. The van der Waals surface area contributed by atoms with Gasteiger partial charge in [0.2, 0.25) is 5.88 Å². The van der Waals surface area contributed by atoms with E-state index in [-0.39, 0.29) is 5.78 Å². The van der Waals surface area contributed by atoms with Crippen LogP contribution in [0.2, 0.25) is 0 Å². The molecule has 0 aliphatic heterocycles. The third-order valence-electron chi connectivity index (χ3n) is 5.16. The Kier molecular flexibility index (Phi) is 6.42. The Hall–Kier alpha value is -2.31. The van der Waals surface area contributed by atoms with Crippen LogP contribution in [-0.4, -0.2) is 28.8 Å². The Bertz CT molecular complexity index is 976. The van der Waals surface area contributed by atoms with Crippen LogP contribution in [-0.2, 0) is 6.54 Å². The van der Waals surface area contributed by atoms with Gasteiger partial charge in [-0.15, -0.1) is 11.3 Å². The van der Waals surface area contributed by atoms with E-state index in [1.54, 1.807) is 11.3 Å². The minimum Gasteiger partial charge on any atom is -0.438 e. The molecule has 2 heterocycles. The molecule has 6 heteroatoms. The van der Waals surface area contributed by atoms with Crippen LogP contribution < -0.4 is 9.64 Å². The van der Waals surface area contributed by atoms with Crippen molar-refractivity contribution >= 4 is 27.3 Å². The number of aromatic nitrogens is 2. The summed E-state index contributed by atoms with van der Waals surface area (Å²) in [5.41, 5.74) is 1.87. The number of ether oxygens (including phenoxy) is 1. The van der Waals surface area contributed by atoms with E-state index >= 15 is 0 Å². The van der Waals surface area contributed by atoms with Gasteiger partial charge in [-0.25, -0.2) is 4.98 Å². The smallest absolute Gasteiger partial charge is 0.231 e. The predicted molar refractivity (Wildman–Crippen MR) is 114 cm³/mol. The molecule has 0 aliphatic rings. The van der Waals surface area contributed by atoms with E-state index in [0.717, 1.165) is 41.2 Å². The summed E-state index contributed by atoms with van der Waals surface area (Å²) >= 11 is 1.68. The summed E-state index contributed by atoms with van der Waals surface area (Å²) in [6.07, 6.45) is 0.497. The van der Waals surface area contributed by atoms with Crippen molar-refractivity contribution in [2.24, 2.45) is 0 Å². The van der Waals surface area contributed by atoms with Crippen LogP contribution in [0.1, 0.15) is 53.8 Å². The Morgan fingerprint density at radius 3 is 2.36 bits per heavy atom. The minimum atomic E-state index is 0.129. The molecule has 0 saturated carbocycles. The lowest BCUT2D eigenvalue weighted by Gasteiger charge is -2.15. The molecule has 0 aliphatic carbocycles. The number of ketones is 1. The van der Waals surface area contributed by atoms with Crippen LogP contribution in [0.25, 0.3) is 10.2 Å². The normalized spacial score (nSPS) is 11.4. The molecule has 0 radical (unpaired) electrons. The molecule has 5 nitrogen and oxygen atoms in total. The van der Waals surface area contributed by atoms with Crippen molar-refractivity contribution in [3.05, 3.63) is 46.1 Å². The molecule has 1 N–H and O–H groups in total. The fourth-order valence-corrected chi connectivity index (χ4v) is 4.19. The molecule has 28 heavy (non-hydrogen) atoms. The molecule has 0 unspecified atom stereocenters. The number of hydrogen-bond donors (Lipinski definition) is 1. The van der Waals surface area contributed by atoms with Crippen molar-refractivity contribution in [2.45, 2.75) is 47.6 Å². The first kappa shape index (κ1) is 20.4. The first-order valence-corrected chi connectivity index (χ1v) is 10.7. The topological polar surface area (TPSA) is 56.5 Å². The van der Waals surface area contributed by atoms with Gasteiger partial charge in [-0.05, 0) is 57.5 Å². The maximum Gasteiger partial charge on any atom is 0.231 e. The minimum absolute atomic E-state index is 0.129. The highest BCUT2D eigenvalue weighted by atomic mass is 32.1. The zero-order chi connectivity index (χ0) is 20.3. The van der Waals surface area contributed by atoms with Crippen LogP contribution >= 0.6 is 11.3 Å². The number of aryl methyl sites for hydroxylation is 2. The second-order valence-electron chi connectivity index (χ2n) is 6.95. The molecular weight excluding hydrogens is 370 g/mol. The van der Waals surface area contributed by atoms with Gasteiger partial charge >= 0.3 is 0 Å². The third kappa shape index (κ3) is 4.23. The van der Waals surface area contributed by atoms with E-state index in [0.29, 0.717) is 23.6 Å². The largest absolute Gasteiger partial charge is 0.438 e. The average Bonchev–Trinajstić information content (AvgIpc) is 2.99.